The lowest BCUT2D eigenvalue weighted by molar-refractivity contribution is -0.137. The van der Waals surface area contributed by atoms with Crippen molar-refractivity contribution in [2.24, 2.45) is 5.73 Å². The van der Waals surface area contributed by atoms with Gasteiger partial charge >= 0.3 is 12.2 Å². The Bertz CT molecular complexity index is 657. The molecule has 110 valence electrons. The van der Waals surface area contributed by atoms with Crippen molar-refractivity contribution in [3.8, 4) is 5.75 Å². The second kappa shape index (κ2) is 5.35. The fourth-order valence-electron chi connectivity index (χ4n) is 1.85. The molecule has 2 aromatic carbocycles. The van der Waals surface area contributed by atoms with Crippen LogP contribution in [0.1, 0.15) is 5.56 Å². The van der Waals surface area contributed by atoms with Crippen molar-refractivity contribution in [1.29, 1.82) is 0 Å². The molecule has 0 heterocycles. The lowest BCUT2D eigenvalue weighted by Gasteiger charge is -2.22. The highest BCUT2D eigenvalue weighted by Crippen LogP contribution is 2.38. The Kier molecular flexibility index (Phi) is 3.75. The predicted octanol–water partition coefficient (Wildman–Crippen LogP) is 3.63. The minimum atomic E-state index is -4.58. The molecule has 0 fully saturated rings. The lowest BCUT2D eigenvalue weighted by Crippen LogP contribution is -2.31. The minimum Gasteiger partial charge on any atom is -0.506 e. The summed E-state index contributed by atoms with van der Waals surface area (Å²) < 4.78 is 37.7. The molecule has 0 unspecified atom stereocenters. The Morgan fingerprint density at radius 3 is 2.19 bits per heavy atom. The summed E-state index contributed by atoms with van der Waals surface area (Å²) in [5.41, 5.74) is 4.44. The van der Waals surface area contributed by atoms with Crippen molar-refractivity contribution in [2.45, 2.75) is 6.18 Å². The Labute approximate surface area is 118 Å². The van der Waals surface area contributed by atoms with Gasteiger partial charge in [-0.15, -0.1) is 0 Å². The fourth-order valence-corrected chi connectivity index (χ4v) is 1.85. The van der Waals surface area contributed by atoms with E-state index in [9.17, 15) is 23.1 Å². The van der Waals surface area contributed by atoms with Crippen LogP contribution in [0.25, 0.3) is 0 Å². The molecular weight excluding hydrogens is 285 g/mol. The number of para-hydroxylation sites is 1. The first-order valence-electron chi connectivity index (χ1n) is 5.85. The molecule has 21 heavy (non-hydrogen) atoms. The summed E-state index contributed by atoms with van der Waals surface area (Å²) in [4.78, 5) is 12.5. The maximum absolute atomic E-state index is 12.6. The molecule has 4 nitrogen and oxygen atoms in total. The largest absolute Gasteiger partial charge is 0.506 e. The van der Waals surface area contributed by atoms with Gasteiger partial charge < -0.3 is 10.8 Å². The lowest BCUT2D eigenvalue weighted by atomic mass is 10.1. The number of aromatic hydroxyl groups is 1. The molecule has 0 saturated heterocycles. The van der Waals surface area contributed by atoms with Crippen LogP contribution >= 0.6 is 0 Å². The molecule has 2 amide bonds. The van der Waals surface area contributed by atoms with E-state index < -0.39 is 23.5 Å². The molecule has 0 saturated carbocycles. The summed E-state index contributed by atoms with van der Waals surface area (Å²) >= 11 is 0. The van der Waals surface area contributed by atoms with Crippen LogP contribution in [0, 0.1) is 0 Å². The van der Waals surface area contributed by atoms with E-state index in [-0.39, 0.29) is 5.69 Å². The maximum Gasteiger partial charge on any atom is 0.416 e. The number of amides is 2. The van der Waals surface area contributed by atoms with Gasteiger partial charge in [0.25, 0.3) is 0 Å². The van der Waals surface area contributed by atoms with E-state index in [1.807, 2.05) is 0 Å². The Balaban J connectivity index is 2.50. The number of phenolic OH excluding ortho intramolecular Hbond substituents is 1. The number of hydrogen-bond acceptors (Lipinski definition) is 2. The molecule has 2 rings (SSSR count). The highest BCUT2D eigenvalue weighted by Gasteiger charge is 2.32. The van der Waals surface area contributed by atoms with Gasteiger partial charge in [0.15, 0.2) is 0 Å². The molecule has 0 aromatic heterocycles. The number of benzene rings is 2. The van der Waals surface area contributed by atoms with Crippen LogP contribution in [0.5, 0.6) is 5.75 Å². The average Bonchev–Trinajstić information content (AvgIpc) is 2.40. The summed E-state index contributed by atoms with van der Waals surface area (Å²) in [7, 11) is 0. The van der Waals surface area contributed by atoms with E-state index in [2.05, 4.69) is 0 Å². The topological polar surface area (TPSA) is 66.6 Å². The van der Waals surface area contributed by atoms with Gasteiger partial charge in [0.05, 0.1) is 16.9 Å². The highest BCUT2D eigenvalue weighted by atomic mass is 19.4. The van der Waals surface area contributed by atoms with Crippen LogP contribution < -0.4 is 10.6 Å². The molecule has 0 bridgehead atoms. The maximum atomic E-state index is 12.6. The van der Waals surface area contributed by atoms with E-state index >= 15 is 0 Å². The van der Waals surface area contributed by atoms with Crippen molar-refractivity contribution in [1.82, 2.24) is 0 Å². The molecule has 0 spiro atoms. The zero-order valence-electron chi connectivity index (χ0n) is 10.6. The first-order chi connectivity index (χ1) is 9.80. The van der Waals surface area contributed by atoms with Gasteiger partial charge in [-0.1, -0.05) is 18.2 Å². The van der Waals surface area contributed by atoms with Gasteiger partial charge in [-0.2, -0.15) is 13.2 Å². The summed E-state index contributed by atoms with van der Waals surface area (Å²) in [6.45, 7) is 0. The normalized spacial score (nSPS) is 11.2. The molecule has 0 aliphatic carbocycles. The SMILES string of the molecule is NC(=O)N(c1ccccc1)c1ccc(C(F)(F)F)cc1O. The smallest absolute Gasteiger partial charge is 0.416 e. The van der Waals surface area contributed by atoms with Crippen molar-refractivity contribution < 1.29 is 23.1 Å². The number of hydrogen-bond donors (Lipinski definition) is 2. The average molecular weight is 296 g/mol. The van der Waals surface area contributed by atoms with Crippen LogP contribution in [-0.4, -0.2) is 11.1 Å². The summed E-state index contributed by atoms with van der Waals surface area (Å²) in [6.07, 6.45) is -4.58. The van der Waals surface area contributed by atoms with E-state index in [1.165, 1.54) is 0 Å². The number of anilines is 2. The first-order valence-corrected chi connectivity index (χ1v) is 5.85. The van der Waals surface area contributed by atoms with Crippen molar-refractivity contribution >= 4 is 17.4 Å². The van der Waals surface area contributed by atoms with Crippen LogP contribution in [0.4, 0.5) is 29.3 Å². The quantitative estimate of drug-likeness (QED) is 0.888. The third kappa shape index (κ3) is 3.07. The van der Waals surface area contributed by atoms with E-state index in [1.54, 1.807) is 30.3 Å². The van der Waals surface area contributed by atoms with Gasteiger partial charge in [0.1, 0.15) is 5.75 Å². The van der Waals surface area contributed by atoms with Gasteiger partial charge in [0.2, 0.25) is 0 Å². The van der Waals surface area contributed by atoms with Crippen molar-refractivity contribution in [2.75, 3.05) is 4.90 Å². The second-order valence-electron chi connectivity index (χ2n) is 4.21. The molecule has 0 aliphatic rings. The first kappa shape index (κ1) is 14.7. The highest BCUT2D eigenvalue weighted by molar-refractivity contribution is 5.99. The number of phenols is 1. The molecule has 7 heteroatoms. The van der Waals surface area contributed by atoms with Crippen LogP contribution in [-0.2, 0) is 6.18 Å². The zero-order valence-corrected chi connectivity index (χ0v) is 10.6. The number of alkyl halides is 3. The molecule has 0 aliphatic heterocycles. The number of urea groups is 1. The Morgan fingerprint density at radius 2 is 1.71 bits per heavy atom. The Morgan fingerprint density at radius 1 is 1.10 bits per heavy atom. The zero-order chi connectivity index (χ0) is 15.6. The summed E-state index contributed by atoms with van der Waals surface area (Å²) in [5.74, 6) is -0.688. The molecule has 0 atom stereocenters. The molecule has 2 aromatic rings. The van der Waals surface area contributed by atoms with Gasteiger partial charge in [-0.25, -0.2) is 4.79 Å². The van der Waals surface area contributed by atoms with Gasteiger partial charge in [-0.05, 0) is 30.3 Å². The number of primary amides is 1. The van der Waals surface area contributed by atoms with E-state index in [0.29, 0.717) is 11.8 Å². The second-order valence-corrected chi connectivity index (χ2v) is 4.21. The fraction of sp³-hybridized carbons (Fsp3) is 0.0714. The monoisotopic (exact) mass is 296 g/mol. The number of carbonyl (C=O) groups excluding carboxylic acids is 1. The number of nitrogens with two attached hydrogens (primary N) is 1. The van der Waals surface area contributed by atoms with Crippen LogP contribution in [0.2, 0.25) is 0 Å². The third-order valence-electron chi connectivity index (χ3n) is 2.78. The van der Waals surface area contributed by atoms with Crippen LogP contribution in [0.3, 0.4) is 0 Å². The van der Waals surface area contributed by atoms with Gasteiger partial charge in [-0.3, -0.25) is 4.90 Å². The van der Waals surface area contributed by atoms with E-state index in [0.717, 1.165) is 17.0 Å². The van der Waals surface area contributed by atoms with Gasteiger partial charge in [0, 0.05) is 0 Å². The third-order valence-corrected chi connectivity index (χ3v) is 2.78. The Hall–Kier alpha value is -2.70. The standard InChI is InChI=1S/C14H11F3N2O2/c15-14(16,17)9-6-7-11(12(20)8-9)19(13(18)21)10-4-2-1-3-5-10/h1-8,20H,(H2,18,21). The molecule has 3 N–H and O–H groups in total. The van der Waals surface area contributed by atoms with Crippen molar-refractivity contribution in [3.05, 3.63) is 54.1 Å². The number of rotatable bonds is 2. The summed E-state index contributed by atoms with van der Waals surface area (Å²) in [6, 6.07) is 9.45. The number of carbonyl (C=O) groups is 1. The van der Waals surface area contributed by atoms with Crippen molar-refractivity contribution in [3.63, 3.8) is 0 Å². The minimum absolute atomic E-state index is 0.123. The summed E-state index contributed by atoms with van der Waals surface area (Å²) in [5, 5.41) is 9.79. The van der Waals surface area contributed by atoms with E-state index in [4.69, 9.17) is 5.73 Å². The molecular formula is C14H11F3N2O2. The predicted molar refractivity (Wildman–Crippen MR) is 71.3 cm³/mol. The number of halogens is 3. The van der Waals surface area contributed by atoms with Crippen LogP contribution in [0.15, 0.2) is 48.5 Å². The number of nitrogens with zero attached hydrogens (tertiary/aromatic N) is 1. The molecule has 0 radical (unpaired) electrons.